The number of halogens is 7. The molecule has 202 valence electrons. The lowest BCUT2D eigenvalue weighted by Crippen LogP contribution is -2.37. The summed E-state index contributed by atoms with van der Waals surface area (Å²) in [6.07, 6.45) is -8.99. The van der Waals surface area contributed by atoms with Gasteiger partial charge in [0.05, 0.1) is 29.5 Å². The summed E-state index contributed by atoms with van der Waals surface area (Å²) in [4.78, 5) is 17.6. The van der Waals surface area contributed by atoms with Crippen molar-refractivity contribution in [3.05, 3.63) is 85.6 Å². The quantitative estimate of drug-likeness (QED) is 0.293. The van der Waals surface area contributed by atoms with Gasteiger partial charge in [-0.15, -0.1) is 5.10 Å². The maximum absolute atomic E-state index is 13.7. The Bertz CT molecular complexity index is 1530. The summed E-state index contributed by atoms with van der Waals surface area (Å²) in [7, 11) is 0. The van der Waals surface area contributed by atoms with E-state index in [-0.39, 0.29) is 38.8 Å². The van der Waals surface area contributed by atoms with Gasteiger partial charge in [0.1, 0.15) is 17.1 Å². The molecule has 38 heavy (non-hydrogen) atoms. The van der Waals surface area contributed by atoms with E-state index in [1.807, 2.05) is 0 Å². The van der Waals surface area contributed by atoms with E-state index < -0.39 is 43.0 Å². The molecule has 8 nitrogen and oxygen atoms in total. The number of aromatic nitrogens is 5. The molecule has 2 aromatic heterocycles. The van der Waals surface area contributed by atoms with Crippen LogP contribution in [0, 0.1) is 5.82 Å². The fourth-order valence-corrected chi connectivity index (χ4v) is 4.28. The molecule has 0 saturated carbocycles. The van der Waals surface area contributed by atoms with E-state index in [4.69, 9.17) is 34.8 Å². The minimum Gasteiger partial charge on any atom is -0.385 e. The summed E-state index contributed by atoms with van der Waals surface area (Å²) >= 11 is 18.4. The van der Waals surface area contributed by atoms with E-state index in [0.29, 0.717) is 9.59 Å². The summed E-state index contributed by atoms with van der Waals surface area (Å²) in [6, 6.07) is 9.50. The Kier molecular flexibility index (Phi) is 7.91. The van der Waals surface area contributed by atoms with Gasteiger partial charge in [-0.1, -0.05) is 46.9 Å². The lowest BCUT2D eigenvalue weighted by Gasteiger charge is -2.16. The van der Waals surface area contributed by atoms with Crippen molar-refractivity contribution >= 4 is 34.8 Å². The zero-order chi connectivity index (χ0) is 27.9. The Balaban J connectivity index is 1.88. The fourth-order valence-electron chi connectivity index (χ4n) is 3.64. The van der Waals surface area contributed by atoms with E-state index >= 15 is 0 Å². The van der Waals surface area contributed by atoms with Crippen LogP contribution in [0.15, 0.2) is 47.3 Å². The monoisotopic (exact) mass is 593 g/mol. The van der Waals surface area contributed by atoms with E-state index in [9.17, 15) is 32.6 Å². The third-order valence-electron chi connectivity index (χ3n) is 5.53. The Morgan fingerprint density at radius 3 is 2.26 bits per heavy atom. The molecule has 0 spiro atoms. The van der Waals surface area contributed by atoms with Crippen molar-refractivity contribution in [1.29, 1.82) is 0 Å². The van der Waals surface area contributed by atoms with Crippen molar-refractivity contribution in [2.24, 2.45) is 0 Å². The summed E-state index contributed by atoms with van der Waals surface area (Å²) < 4.78 is 56.1. The number of imidazole rings is 1. The summed E-state index contributed by atoms with van der Waals surface area (Å²) in [5.41, 5.74) is -0.572. The molecule has 2 unspecified atom stereocenters. The van der Waals surface area contributed by atoms with E-state index in [0.717, 1.165) is 10.6 Å². The van der Waals surface area contributed by atoms with Crippen LogP contribution in [0.5, 0.6) is 0 Å². The number of nitrogens with zero attached hydrogens (tertiary/aromatic N) is 5. The molecule has 0 radical (unpaired) electrons. The molecular weight excluding hydrogens is 577 g/mol. The Morgan fingerprint density at radius 1 is 1.03 bits per heavy atom. The number of alkyl halides is 3. The van der Waals surface area contributed by atoms with Crippen LogP contribution in [0.2, 0.25) is 15.2 Å². The second-order valence-electron chi connectivity index (χ2n) is 8.26. The molecule has 2 atom stereocenters. The number of benzene rings is 2. The lowest BCUT2D eigenvalue weighted by molar-refractivity contribution is -0.207. The normalized spacial score (nSPS) is 13.6. The van der Waals surface area contributed by atoms with Gasteiger partial charge in [0.15, 0.2) is 17.8 Å². The summed E-state index contributed by atoms with van der Waals surface area (Å²) in [6.45, 7) is -0.151. The second-order valence-corrected chi connectivity index (χ2v) is 9.46. The van der Waals surface area contributed by atoms with Crippen molar-refractivity contribution in [2.45, 2.75) is 38.4 Å². The van der Waals surface area contributed by atoms with Gasteiger partial charge in [-0.3, -0.25) is 9.13 Å². The molecule has 0 aliphatic rings. The number of hydrogen-bond acceptors (Lipinski definition) is 5. The van der Waals surface area contributed by atoms with Crippen molar-refractivity contribution in [3.63, 3.8) is 0 Å². The SMILES string of the molecule is CC(O)c1nc(Cn2c(Cl)c(-c3ccc(Cl)cc3)n(CC(O)C(F)(F)F)c2=O)n(-c2ccc(F)c(Cl)c2)n1. The molecule has 15 heteroatoms. The molecule has 0 amide bonds. The van der Waals surface area contributed by atoms with Crippen LogP contribution >= 0.6 is 34.8 Å². The summed E-state index contributed by atoms with van der Waals surface area (Å²) in [5, 5.41) is 23.8. The first-order chi connectivity index (χ1) is 17.8. The van der Waals surface area contributed by atoms with Gasteiger partial charge in [0.2, 0.25) is 0 Å². The minimum absolute atomic E-state index is 0.0313. The van der Waals surface area contributed by atoms with E-state index in [1.54, 1.807) is 0 Å². The lowest BCUT2D eigenvalue weighted by atomic mass is 10.1. The molecule has 0 saturated heterocycles. The summed E-state index contributed by atoms with van der Waals surface area (Å²) in [5.74, 6) is -0.710. The van der Waals surface area contributed by atoms with Gasteiger partial charge < -0.3 is 10.2 Å². The van der Waals surface area contributed by atoms with E-state index in [2.05, 4.69) is 10.1 Å². The van der Waals surface area contributed by atoms with Crippen molar-refractivity contribution in [2.75, 3.05) is 0 Å². The first-order valence-electron chi connectivity index (χ1n) is 10.9. The van der Waals surface area contributed by atoms with Crippen LogP contribution in [0.3, 0.4) is 0 Å². The zero-order valence-electron chi connectivity index (χ0n) is 19.3. The van der Waals surface area contributed by atoms with Crippen molar-refractivity contribution in [1.82, 2.24) is 23.9 Å². The minimum atomic E-state index is -5.00. The maximum atomic E-state index is 13.7. The van der Waals surface area contributed by atoms with Crippen LogP contribution in [0.4, 0.5) is 17.6 Å². The number of aliphatic hydroxyl groups is 2. The molecule has 0 fully saturated rings. The van der Waals surface area contributed by atoms with Gasteiger partial charge in [-0.2, -0.15) is 13.2 Å². The highest BCUT2D eigenvalue weighted by molar-refractivity contribution is 6.32. The van der Waals surface area contributed by atoms with Gasteiger partial charge in [-0.05, 0) is 37.3 Å². The molecule has 2 N–H and O–H groups in total. The molecule has 2 heterocycles. The zero-order valence-corrected chi connectivity index (χ0v) is 21.6. The predicted molar refractivity (Wildman–Crippen MR) is 132 cm³/mol. The molecule has 0 aliphatic carbocycles. The molecule has 2 aromatic carbocycles. The average molecular weight is 595 g/mol. The Labute approximate surface area is 227 Å². The molecular formula is C23H18Cl3F4N5O3. The predicted octanol–water partition coefficient (Wildman–Crippen LogP) is 5.02. The number of hydrogen-bond donors (Lipinski definition) is 2. The smallest absolute Gasteiger partial charge is 0.385 e. The third-order valence-corrected chi connectivity index (χ3v) is 6.45. The van der Waals surface area contributed by atoms with Gasteiger partial charge in [-0.25, -0.2) is 18.9 Å². The Morgan fingerprint density at radius 2 is 1.68 bits per heavy atom. The molecule has 4 aromatic rings. The number of rotatable bonds is 7. The number of aliphatic hydroxyl groups excluding tert-OH is 2. The van der Waals surface area contributed by atoms with Crippen LogP contribution in [-0.4, -0.2) is 46.4 Å². The standard InChI is InChI=1S/C23H18Cl3F4N5O3/c1-11(36)21-31-18(35(32-21)14-6-7-16(27)15(25)8-14)10-34-20(26)19(12-2-4-13(24)5-3-12)33(22(34)38)9-17(37)23(28,29)30/h2-8,11,17,36-37H,9-10H2,1H3. The third kappa shape index (κ3) is 5.59. The highest BCUT2D eigenvalue weighted by Crippen LogP contribution is 2.31. The van der Waals surface area contributed by atoms with Gasteiger partial charge in [0.25, 0.3) is 0 Å². The largest absolute Gasteiger partial charge is 0.416 e. The maximum Gasteiger partial charge on any atom is 0.416 e. The fraction of sp³-hybridized carbons (Fsp3) is 0.261. The molecule has 0 bridgehead atoms. The van der Waals surface area contributed by atoms with Crippen LogP contribution < -0.4 is 5.69 Å². The topological polar surface area (TPSA) is 98.1 Å². The molecule has 0 aliphatic heterocycles. The van der Waals surface area contributed by atoms with Gasteiger partial charge >= 0.3 is 11.9 Å². The Hall–Kier alpha value is -2.90. The van der Waals surface area contributed by atoms with E-state index in [1.165, 1.54) is 48.0 Å². The van der Waals surface area contributed by atoms with Crippen molar-refractivity contribution in [3.8, 4) is 16.9 Å². The van der Waals surface area contributed by atoms with Crippen LogP contribution in [0.25, 0.3) is 16.9 Å². The highest BCUT2D eigenvalue weighted by Gasteiger charge is 2.39. The first kappa shape index (κ1) is 28.1. The van der Waals surface area contributed by atoms with Gasteiger partial charge in [0, 0.05) is 10.6 Å². The average Bonchev–Trinajstić information content (AvgIpc) is 3.36. The van der Waals surface area contributed by atoms with Crippen LogP contribution in [0.1, 0.15) is 24.7 Å². The van der Waals surface area contributed by atoms with Crippen molar-refractivity contribution < 1.29 is 27.8 Å². The first-order valence-corrected chi connectivity index (χ1v) is 12.0. The van der Waals surface area contributed by atoms with Crippen LogP contribution in [-0.2, 0) is 13.1 Å². The highest BCUT2D eigenvalue weighted by atomic mass is 35.5. The second kappa shape index (κ2) is 10.7. The molecule has 4 rings (SSSR count).